The Bertz CT molecular complexity index is 390. The summed E-state index contributed by atoms with van der Waals surface area (Å²) < 4.78 is 1.07. The maximum Gasteiger partial charge on any atom is 0.140 e. The molecular weight excluding hydrogens is 278 g/mol. The minimum absolute atomic E-state index is 0.539. The van der Waals surface area contributed by atoms with Gasteiger partial charge in [-0.2, -0.15) is 0 Å². The third-order valence-corrected chi connectivity index (χ3v) is 4.47. The quantitative estimate of drug-likeness (QED) is 0.905. The number of halogens is 1. The molecule has 0 bridgehead atoms. The zero-order chi connectivity index (χ0) is 12.4. The minimum atomic E-state index is 0.539. The molecule has 1 aromatic heterocycles. The van der Waals surface area contributed by atoms with Gasteiger partial charge in [-0.15, -0.1) is 0 Å². The molecular formula is C13H20BrN3. The summed E-state index contributed by atoms with van der Waals surface area (Å²) in [5.74, 6) is 0.945. The van der Waals surface area contributed by atoms with Gasteiger partial charge in [0.1, 0.15) is 5.82 Å². The highest BCUT2D eigenvalue weighted by Crippen LogP contribution is 2.27. The van der Waals surface area contributed by atoms with Crippen LogP contribution in [0, 0.1) is 6.92 Å². The van der Waals surface area contributed by atoms with Crippen LogP contribution in [0.25, 0.3) is 0 Å². The molecule has 1 aromatic rings. The van der Waals surface area contributed by atoms with E-state index in [9.17, 15) is 0 Å². The van der Waals surface area contributed by atoms with Crippen LogP contribution >= 0.6 is 15.9 Å². The van der Waals surface area contributed by atoms with Gasteiger partial charge in [-0.3, -0.25) is 4.90 Å². The lowest BCUT2D eigenvalue weighted by atomic mass is 10.2. The predicted octanol–water partition coefficient (Wildman–Crippen LogP) is 3.05. The summed E-state index contributed by atoms with van der Waals surface area (Å²) in [5.41, 5.74) is 1.21. The van der Waals surface area contributed by atoms with Crippen molar-refractivity contribution >= 4 is 21.7 Å². The van der Waals surface area contributed by atoms with Crippen LogP contribution < -0.4 is 5.32 Å². The number of rotatable bonds is 5. The van der Waals surface area contributed by atoms with Gasteiger partial charge in [0.2, 0.25) is 0 Å². The lowest BCUT2D eigenvalue weighted by Crippen LogP contribution is -2.36. The average Bonchev–Trinajstić information content (AvgIpc) is 3.13. The third-order valence-electron chi connectivity index (χ3n) is 3.47. The maximum atomic E-state index is 4.35. The van der Waals surface area contributed by atoms with Crippen molar-refractivity contribution < 1.29 is 0 Å². The fourth-order valence-electron chi connectivity index (χ4n) is 1.89. The van der Waals surface area contributed by atoms with Gasteiger partial charge in [-0.25, -0.2) is 4.98 Å². The molecule has 1 aliphatic carbocycles. The van der Waals surface area contributed by atoms with Crippen LogP contribution in [0.4, 0.5) is 5.82 Å². The number of hydrogen-bond donors (Lipinski definition) is 1. The standard InChI is InChI=1S/C13H20BrN3/c1-9-6-7-15-13(12(9)14)16-8-10(2)17(3)11-4-5-11/h6-7,10-11H,4-5,8H2,1-3H3,(H,15,16). The van der Waals surface area contributed by atoms with Crippen LogP contribution in [0.5, 0.6) is 0 Å². The molecule has 0 amide bonds. The fourth-order valence-corrected chi connectivity index (χ4v) is 2.27. The Morgan fingerprint density at radius 2 is 2.29 bits per heavy atom. The molecule has 0 radical (unpaired) electrons. The molecule has 94 valence electrons. The lowest BCUT2D eigenvalue weighted by Gasteiger charge is -2.25. The minimum Gasteiger partial charge on any atom is -0.368 e. The van der Waals surface area contributed by atoms with E-state index in [2.05, 4.69) is 52.0 Å². The van der Waals surface area contributed by atoms with E-state index in [1.807, 2.05) is 12.3 Å². The Morgan fingerprint density at radius 1 is 1.59 bits per heavy atom. The molecule has 0 saturated heterocycles. The Morgan fingerprint density at radius 3 is 2.94 bits per heavy atom. The molecule has 17 heavy (non-hydrogen) atoms. The summed E-state index contributed by atoms with van der Waals surface area (Å²) in [6, 6.07) is 3.35. The van der Waals surface area contributed by atoms with E-state index in [1.165, 1.54) is 18.4 Å². The third kappa shape index (κ3) is 3.19. The molecule has 1 aliphatic rings. The van der Waals surface area contributed by atoms with Gasteiger partial charge in [0.25, 0.3) is 0 Å². The normalized spacial score (nSPS) is 17.2. The van der Waals surface area contributed by atoms with Crippen LogP contribution in [-0.2, 0) is 0 Å². The van der Waals surface area contributed by atoms with E-state index in [0.29, 0.717) is 6.04 Å². The molecule has 3 nitrogen and oxygen atoms in total. The number of anilines is 1. The van der Waals surface area contributed by atoms with Crippen molar-refractivity contribution in [3.05, 3.63) is 22.3 Å². The number of nitrogens with one attached hydrogen (secondary N) is 1. The van der Waals surface area contributed by atoms with Crippen molar-refractivity contribution in [1.82, 2.24) is 9.88 Å². The van der Waals surface area contributed by atoms with Gasteiger partial charge in [-0.1, -0.05) is 0 Å². The van der Waals surface area contributed by atoms with Crippen LogP contribution in [0.1, 0.15) is 25.3 Å². The van der Waals surface area contributed by atoms with Gasteiger partial charge < -0.3 is 5.32 Å². The second kappa shape index (κ2) is 5.36. The molecule has 1 unspecified atom stereocenters. The number of nitrogens with zero attached hydrogens (tertiary/aromatic N) is 2. The first-order valence-corrected chi connectivity index (χ1v) is 6.96. The predicted molar refractivity (Wildman–Crippen MR) is 75.4 cm³/mol. The largest absolute Gasteiger partial charge is 0.368 e. The van der Waals surface area contributed by atoms with Gasteiger partial charge in [0.15, 0.2) is 0 Å². The maximum absolute atomic E-state index is 4.35. The van der Waals surface area contributed by atoms with Crippen LogP contribution in [0.15, 0.2) is 16.7 Å². The van der Waals surface area contributed by atoms with Gasteiger partial charge in [0.05, 0.1) is 4.47 Å². The Hall–Kier alpha value is -0.610. The van der Waals surface area contributed by atoms with Crippen molar-refractivity contribution in [1.29, 1.82) is 0 Å². The van der Waals surface area contributed by atoms with Crippen LogP contribution in [0.3, 0.4) is 0 Å². The van der Waals surface area contributed by atoms with Crippen molar-refractivity contribution in [2.45, 2.75) is 38.8 Å². The molecule has 0 aromatic carbocycles. The van der Waals surface area contributed by atoms with Crippen LogP contribution in [-0.4, -0.2) is 35.6 Å². The molecule has 1 N–H and O–H groups in total. The van der Waals surface area contributed by atoms with E-state index >= 15 is 0 Å². The monoisotopic (exact) mass is 297 g/mol. The van der Waals surface area contributed by atoms with Gasteiger partial charge >= 0.3 is 0 Å². The summed E-state index contributed by atoms with van der Waals surface area (Å²) in [6.07, 6.45) is 4.55. The van der Waals surface area contributed by atoms with E-state index in [1.54, 1.807) is 0 Å². The molecule has 2 rings (SSSR count). The topological polar surface area (TPSA) is 28.2 Å². The summed E-state index contributed by atoms with van der Waals surface area (Å²) in [7, 11) is 2.21. The first-order chi connectivity index (χ1) is 8.09. The fraction of sp³-hybridized carbons (Fsp3) is 0.615. The average molecular weight is 298 g/mol. The number of pyridine rings is 1. The zero-order valence-electron chi connectivity index (χ0n) is 10.7. The van der Waals surface area contributed by atoms with Gasteiger partial charge in [0, 0.05) is 24.8 Å². The Balaban J connectivity index is 1.90. The summed E-state index contributed by atoms with van der Waals surface area (Å²) in [6.45, 7) is 5.27. The van der Waals surface area contributed by atoms with Gasteiger partial charge in [-0.05, 0) is 61.3 Å². The van der Waals surface area contributed by atoms with E-state index in [-0.39, 0.29) is 0 Å². The summed E-state index contributed by atoms with van der Waals surface area (Å²) in [4.78, 5) is 6.81. The highest BCUT2D eigenvalue weighted by atomic mass is 79.9. The van der Waals surface area contributed by atoms with E-state index in [4.69, 9.17) is 0 Å². The second-order valence-electron chi connectivity index (χ2n) is 4.92. The van der Waals surface area contributed by atoms with E-state index in [0.717, 1.165) is 22.9 Å². The summed E-state index contributed by atoms with van der Waals surface area (Å²) >= 11 is 3.57. The smallest absolute Gasteiger partial charge is 0.140 e. The Kier molecular flexibility index (Phi) is 4.05. The molecule has 1 heterocycles. The SMILES string of the molecule is Cc1ccnc(NCC(C)N(C)C2CC2)c1Br. The Labute approximate surface area is 112 Å². The highest BCUT2D eigenvalue weighted by molar-refractivity contribution is 9.10. The molecule has 0 aliphatic heterocycles. The second-order valence-corrected chi connectivity index (χ2v) is 5.71. The van der Waals surface area contributed by atoms with Crippen molar-refractivity contribution in [2.24, 2.45) is 0 Å². The highest BCUT2D eigenvalue weighted by Gasteiger charge is 2.28. The molecule has 1 saturated carbocycles. The molecule has 4 heteroatoms. The number of aryl methyl sites for hydroxylation is 1. The van der Waals surface area contributed by atoms with E-state index < -0.39 is 0 Å². The summed E-state index contributed by atoms with van der Waals surface area (Å²) in [5, 5.41) is 3.42. The first-order valence-electron chi connectivity index (χ1n) is 6.16. The molecule has 1 atom stereocenters. The molecule has 1 fully saturated rings. The van der Waals surface area contributed by atoms with Crippen molar-refractivity contribution in [3.63, 3.8) is 0 Å². The first kappa shape index (κ1) is 12.8. The number of hydrogen-bond acceptors (Lipinski definition) is 3. The van der Waals surface area contributed by atoms with Crippen LogP contribution in [0.2, 0.25) is 0 Å². The lowest BCUT2D eigenvalue weighted by molar-refractivity contribution is 0.257. The number of likely N-dealkylation sites (N-methyl/N-ethyl adjacent to an activating group) is 1. The molecule has 0 spiro atoms. The van der Waals surface area contributed by atoms with Crippen molar-refractivity contribution in [3.8, 4) is 0 Å². The van der Waals surface area contributed by atoms with Crippen molar-refractivity contribution in [2.75, 3.05) is 18.9 Å². The number of aromatic nitrogens is 1. The zero-order valence-corrected chi connectivity index (χ0v) is 12.3.